The lowest BCUT2D eigenvalue weighted by atomic mass is 9.95. The third kappa shape index (κ3) is 2.36. The Morgan fingerprint density at radius 3 is 2.74 bits per heavy atom. The van der Waals surface area contributed by atoms with Crippen molar-refractivity contribution in [2.45, 2.75) is 58.4 Å². The molecule has 0 amide bonds. The number of nitrogens with zero attached hydrogens (tertiary/aromatic N) is 2. The summed E-state index contributed by atoms with van der Waals surface area (Å²) in [5.74, 6) is 1.27. The van der Waals surface area contributed by atoms with E-state index in [1.807, 2.05) is 0 Å². The zero-order valence-corrected chi connectivity index (χ0v) is 12.4. The van der Waals surface area contributed by atoms with Gasteiger partial charge in [0, 0.05) is 24.2 Å². The van der Waals surface area contributed by atoms with E-state index < -0.39 is 0 Å². The number of imidazole rings is 1. The Morgan fingerprint density at radius 1 is 1.21 bits per heavy atom. The molecule has 3 nitrogen and oxygen atoms in total. The summed E-state index contributed by atoms with van der Waals surface area (Å²) in [6, 6.07) is 0. The SMILES string of the molecule is CC(C)(C)c1nc(C2=CCNCC2)c2n1CCCC2. The van der Waals surface area contributed by atoms with Crippen molar-refractivity contribution in [2.24, 2.45) is 0 Å². The molecule has 2 aliphatic heterocycles. The number of hydrogen-bond donors (Lipinski definition) is 1. The average molecular weight is 259 g/mol. The second-order valence-electron chi connectivity index (χ2n) is 6.77. The highest BCUT2D eigenvalue weighted by Gasteiger charge is 2.28. The molecular weight excluding hydrogens is 234 g/mol. The van der Waals surface area contributed by atoms with Gasteiger partial charge in [-0.1, -0.05) is 26.8 Å². The summed E-state index contributed by atoms with van der Waals surface area (Å²) in [5, 5.41) is 3.39. The standard InChI is InChI=1S/C16H25N3/c1-16(2,3)15-18-14(12-7-9-17-10-8-12)13-6-4-5-11-19(13)15/h7,17H,4-6,8-11H2,1-3H3. The first kappa shape index (κ1) is 12.9. The highest BCUT2D eigenvalue weighted by Crippen LogP contribution is 2.32. The Labute approximate surface area is 116 Å². The van der Waals surface area contributed by atoms with Gasteiger partial charge in [0.05, 0.1) is 5.69 Å². The van der Waals surface area contributed by atoms with Crippen LogP contribution in [-0.4, -0.2) is 22.6 Å². The Hall–Kier alpha value is -1.09. The van der Waals surface area contributed by atoms with E-state index in [0.29, 0.717) is 0 Å². The zero-order chi connectivity index (χ0) is 13.5. The first-order chi connectivity index (χ1) is 9.07. The van der Waals surface area contributed by atoms with Crippen molar-refractivity contribution in [1.82, 2.24) is 14.9 Å². The largest absolute Gasteiger partial charge is 0.331 e. The predicted octanol–water partition coefficient (Wildman–Crippen LogP) is 2.89. The lowest BCUT2D eigenvalue weighted by molar-refractivity contribution is 0.453. The average Bonchev–Trinajstić information content (AvgIpc) is 2.79. The first-order valence-electron chi connectivity index (χ1n) is 7.57. The minimum atomic E-state index is 0.137. The van der Waals surface area contributed by atoms with E-state index >= 15 is 0 Å². The van der Waals surface area contributed by atoms with Gasteiger partial charge in [-0.2, -0.15) is 0 Å². The molecule has 1 N–H and O–H groups in total. The molecule has 1 aromatic rings. The zero-order valence-electron chi connectivity index (χ0n) is 12.4. The normalized spacial score (nSPS) is 20.1. The van der Waals surface area contributed by atoms with Gasteiger partial charge < -0.3 is 9.88 Å². The highest BCUT2D eigenvalue weighted by molar-refractivity contribution is 5.66. The van der Waals surface area contributed by atoms with Crippen LogP contribution in [-0.2, 0) is 18.4 Å². The van der Waals surface area contributed by atoms with Crippen molar-refractivity contribution in [1.29, 1.82) is 0 Å². The Bertz CT molecular complexity index is 503. The van der Waals surface area contributed by atoms with E-state index in [0.717, 1.165) is 26.1 Å². The number of hydrogen-bond acceptors (Lipinski definition) is 2. The van der Waals surface area contributed by atoms with Crippen molar-refractivity contribution in [2.75, 3.05) is 13.1 Å². The molecule has 0 spiro atoms. The van der Waals surface area contributed by atoms with Crippen LogP contribution in [0.4, 0.5) is 0 Å². The fraction of sp³-hybridized carbons (Fsp3) is 0.688. The third-order valence-corrected chi connectivity index (χ3v) is 4.16. The molecule has 2 aliphatic rings. The van der Waals surface area contributed by atoms with Gasteiger partial charge in [-0.25, -0.2) is 4.98 Å². The van der Waals surface area contributed by atoms with Gasteiger partial charge in [0.15, 0.2) is 0 Å². The van der Waals surface area contributed by atoms with Gasteiger partial charge >= 0.3 is 0 Å². The lowest BCUT2D eigenvalue weighted by Gasteiger charge is -2.23. The summed E-state index contributed by atoms with van der Waals surface area (Å²) in [6.45, 7) is 10.1. The quantitative estimate of drug-likeness (QED) is 0.840. The van der Waals surface area contributed by atoms with Crippen LogP contribution >= 0.6 is 0 Å². The predicted molar refractivity (Wildman–Crippen MR) is 79.3 cm³/mol. The van der Waals surface area contributed by atoms with Crippen LogP contribution in [0.15, 0.2) is 6.08 Å². The molecule has 0 aromatic carbocycles. The number of rotatable bonds is 1. The van der Waals surface area contributed by atoms with Gasteiger partial charge in [-0.15, -0.1) is 0 Å². The number of nitrogens with one attached hydrogen (secondary N) is 1. The maximum Gasteiger partial charge on any atom is 0.115 e. The highest BCUT2D eigenvalue weighted by atomic mass is 15.1. The van der Waals surface area contributed by atoms with E-state index in [-0.39, 0.29) is 5.41 Å². The summed E-state index contributed by atoms with van der Waals surface area (Å²) in [5.41, 5.74) is 4.38. The summed E-state index contributed by atoms with van der Waals surface area (Å²) < 4.78 is 2.50. The summed E-state index contributed by atoms with van der Waals surface area (Å²) in [6.07, 6.45) is 7.25. The van der Waals surface area contributed by atoms with Crippen LogP contribution in [0.25, 0.3) is 5.57 Å². The molecule has 3 heterocycles. The molecule has 19 heavy (non-hydrogen) atoms. The Balaban J connectivity index is 2.09. The van der Waals surface area contributed by atoms with Crippen LogP contribution in [0.2, 0.25) is 0 Å². The van der Waals surface area contributed by atoms with Crippen LogP contribution in [0.5, 0.6) is 0 Å². The minimum absolute atomic E-state index is 0.137. The van der Waals surface area contributed by atoms with Crippen molar-refractivity contribution in [3.05, 3.63) is 23.3 Å². The molecule has 3 heteroatoms. The van der Waals surface area contributed by atoms with Crippen molar-refractivity contribution >= 4 is 5.57 Å². The van der Waals surface area contributed by atoms with Crippen molar-refractivity contribution in [3.8, 4) is 0 Å². The van der Waals surface area contributed by atoms with Gasteiger partial charge in [0.25, 0.3) is 0 Å². The van der Waals surface area contributed by atoms with Gasteiger partial charge in [0.1, 0.15) is 5.82 Å². The van der Waals surface area contributed by atoms with Gasteiger partial charge in [0.2, 0.25) is 0 Å². The molecule has 3 rings (SSSR count). The fourth-order valence-corrected chi connectivity index (χ4v) is 3.21. The second-order valence-corrected chi connectivity index (χ2v) is 6.77. The van der Waals surface area contributed by atoms with E-state index in [2.05, 4.69) is 36.7 Å². The molecule has 0 saturated heterocycles. The monoisotopic (exact) mass is 259 g/mol. The number of fused-ring (bicyclic) bond motifs is 1. The minimum Gasteiger partial charge on any atom is -0.331 e. The third-order valence-electron chi connectivity index (χ3n) is 4.16. The maximum absolute atomic E-state index is 5.05. The second kappa shape index (κ2) is 4.78. The summed E-state index contributed by atoms with van der Waals surface area (Å²) in [4.78, 5) is 5.05. The molecule has 104 valence electrons. The van der Waals surface area contributed by atoms with E-state index in [1.54, 1.807) is 0 Å². The molecule has 0 aliphatic carbocycles. The maximum atomic E-state index is 5.05. The lowest BCUT2D eigenvalue weighted by Crippen LogP contribution is -2.22. The molecule has 0 saturated carbocycles. The van der Waals surface area contributed by atoms with Crippen LogP contribution in [0, 0.1) is 0 Å². The molecule has 0 fully saturated rings. The summed E-state index contributed by atoms with van der Waals surface area (Å²) in [7, 11) is 0. The summed E-state index contributed by atoms with van der Waals surface area (Å²) >= 11 is 0. The molecule has 0 radical (unpaired) electrons. The smallest absolute Gasteiger partial charge is 0.115 e. The van der Waals surface area contributed by atoms with Crippen LogP contribution in [0.1, 0.15) is 57.2 Å². The Kier molecular flexibility index (Phi) is 3.25. The molecule has 0 atom stereocenters. The first-order valence-corrected chi connectivity index (χ1v) is 7.57. The molecule has 0 unspecified atom stereocenters. The van der Waals surface area contributed by atoms with E-state index in [4.69, 9.17) is 4.98 Å². The fourth-order valence-electron chi connectivity index (χ4n) is 3.21. The molecule has 0 bridgehead atoms. The van der Waals surface area contributed by atoms with Crippen molar-refractivity contribution in [3.63, 3.8) is 0 Å². The van der Waals surface area contributed by atoms with Crippen molar-refractivity contribution < 1.29 is 0 Å². The molecular formula is C16H25N3. The van der Waals surface area contributed by atoms with E-state index in [9.17, 15) is 0 Å². The van der Waals surface area contributed by atoms with Gasteiger partial charge in [-0.3, -0.25) is 0 Å². The van der Waals surface area contributed by atoms with Crippen LogP contribution < -0.4 is 5.32 Å². The van der Waals surface area contributed by atoms with Crippen LogP contribution in [0.3, 0.4) is 0 Å². The number of aromatic nitrogens is 2. The van der Waals surface area contributed by atoms with Gasteiger partial charge in [-0.05, 0) is 37.8 Å². The van der Waals surface area contributed by atoms with E-state index in [1.165, 1.54) is 42.0 Å². The Morgan fingerprint density at radius 2 is 2.05 bits per heavy atom. The topological polar surface area (TPSA) is 29.9 Å². The molecule has 1 aromatic heterocycles.